The SMILES string of the molecule is CC(CNC(=O)NCC(C)(C)CCO)Oc1ccccc1Cl. The lowest BCUT2D eigenvalue weighted by atomic mass is 9.90. The molecule has 6 heteroatoms. The van der Waals surface area contributed by atoms with Crippen molar-refractivity contribution >= 4 is 17.6 Å². The van der Waals surface area contributed by atoms with Crippen LogP contribution in [-0.2, 0) is 0 Å². The molecule has 22 heavy (non-hydrogen) atoms. The second-order valence-corrected chi connectivity index (χ2v) is 6.47. The molecule has 0 bridgehead atoms. The van der Waals surface area contributed by atoms with Gasteiger partial charge in [-0.3, -0.25) is 0 Å². The molecule has 3 N–H and O–H groups in total. The Hall–Kier alpha value is -1.46. The molecule has 5 nitrogen and oxygen atoms in total. The first kappa shape index (κ1) is 18.6. The Morgan fingerprint density at radius 1 is 1.36 bits per heavy atom. The molecule has 124 valence electrons. The molecule has 1 aromatic carbocycles. The van der Waals surface area contributed by atoms with Crippen LogP contribution in [0.25, 0.3) is 0 Å². The van der Waals surface area contributed by atoms with E-state index in [2.05, 4.69) is 10.6 Å². The van der Waals surface area contributed by atoms with Crippen LogP contribution >= 0.6 is 11.6 Å². The summed E-state index contributed by atoms with van der Waals surface area (Å²) in [6, 6.07) is 6.97. The fourth-order valence-electron chi connectivity index (χ4n) is 1.81. The minimum Gasteiger partial charge on any atom is -0.487 e. The molecule has 1 unspecified atom stereocenters. The largest absolute Gasteiger partial charge is 0.487 e. The van der Waals surface area contributed by atoms with Gasteiger partial charge in [0.25, 0.3) is 0 Å². The zero-order valence-electron chi connectivity index (χ0n) is 13.4. The van der Waals surface area contributed by atoms with Gasteiger partial charge in [-0.25, -0.2) is 4.79 Å². The summed E-state index contributed by atoms with van der Waals surface area (Å²) in [5.74, 6) is 0.600. The molecule has 2 amide bonds. The molecule has 0 spiro atoms. The number of halogens is 1. The standard InChI is InChI=1S/C16H25ClN2O3/c1-12(22-14-7-5-4-6-13(14)17)10-18-15(21)19-11-16(2,3)8-9-20/h4-7,12,20H,8-11H2,1-3H3,(H2,18,19,21). The molecule has 1 atom stereocenters. The fraction of sp³-hybridized carbons (Fsp3) is 0.562. The summed E-state index contributed by atoms with van der Waals surface area (Å²) in [6.45, 7) is 6.83. The highest BCUT2D eigenvalue weighted by molar-refractivity contribution is 6.32. The molecule has 0 heterocycles. The lowest BCUT2D eigenvalue weighted by Crippen LogP contribution is -2.43. The van der Waals surface area contributed by atoms with E-state index in [9.17, 15) is 4.79 Å². The van der Waals surface area contributed by atoms with Gasteiger partial charge in [-0.15, -0.1) is 0 Å². The third-order valence-electron chi connectivity index (χ3n) is 3.23. The Bertz CT molecular complexity index is 480. The molecule has 1 aromatic rings. The number of hydrogen-bond donors (Lipinski definition) is 3. The molecule has 0 saturated carbocycles. The Morgan fingerprint density at radius 2 is 2.05 bits per heavy atom. The number of ether oxygens (including phenoxy) is 1. The predicted octanol–water partition coefficient (Wildman–Crippen LogP) is 2.82. The summed E-state index contributed by atoms with van der Waals surface area (Å²) in [5, 5.41) is 15.0. The first-order chi connectivity index (χ1) is 10.3. The summed E-state index contributed by atoms with van der Waals surface area (Å²) in [4.78, 5) is 11.8. The smallest absolute Gasteiger partial charge is 0.314 e. The molecule has 0 radical (unpaired) electrons. The average molecular weight is 329 g/mol. The number of hydrogen-bond acceptors (Lipinski definition) is 3. The third-order valence-corrected chi connectivity index (χ3v) is 3.54. The number of carbonyl (C=O) groups is 1. The van der Waals surface area contributed by atoms with Crippen LogP contribution in [-0.4, -0.2) is 36.9 Å². The summed E-state index contributed by atoms with van der Waals surface area (Å²) in [5.41, 5.74) is -0.133. The highest BCUT2D eigenvalue weighted by Crippen LogP contribution is 2.24. The van der Waals surface area contributed by atoms with Gasteiger partial charge in [0, 0.05) is 13.2 Å². The van der Waals surface area contributed by atoms with Crippen LogP contribution < -0.4 is 15.4 Å². The van der Waals surface area contributed by atoms with E-state index in [1.807, 2.05) is 32.9 Å². The molecular formula is C16H25ClN2O3. The van der Waals surface area contributed by atoms with E-state index in [0.29, 0.717) is 30.3 Å². The highest BCUT2D eigenvalue weighted by Gasteiger charge is 2.18. The summed E-state index contributed by atoms with van der Waals surface area (Å²) in [6.07, 6.45) is 0.440. The van der Waals surface area contributed by atoms with Gasteiger partial charge in [0.2, 0.25) is 0 Å². The summed E-state index contributed by atoms with van der Waals surface area (Å²) in [7, 11) is 0. The normalized spacial score (nSPS) is 12.6. The van der Waals surface area contributed by atoms with Gasteiger partial charge in [0.05, 0.1) is 11.6 Å². The van der Waals surface area contributed by atoms with E-state index >= 15 is 0 Å². The monoisotopic (exact) mass is 328 g/mol. The Balaban J connectivity index is 2.30. The zero-order valence-corrected chi connectivity index (χ0v) is 14.1. The number of urea groups is 1. The molecule has 0 aromatic heterocycles. The molecule has 0 saturated heterocycles. The lowest BCUT2D eigenvalue weighted by molar-refractivity contribution is 0.194. The van der Waals surface area contributed by atoms with Gasteiger partial charge < -0.3 is 20.5 Å². The first-order valence-corrected chi connectivity index (χ1v) is 7.75. The maximum atomic E-state index is 11.8. The number of nitrogens with one attached hydrogen (secondary N) is 2. The van der Waals surface area contributed by atoms with E-state index in [1.165, 1.54) is 0 Å². The first-order valence-electron chi connectivity index (χ1n) is 7.38. The van der Waals surface area contributed by atoms with Crippen molar-refractivity contribution in [2.45, 2.75) is 33.3 Å². The maximum absolute atomic E-state index is 11.8. The van der Waals surface area contributed by atoms with E-state index < -0.39 is 0 Å². The van der Waals surface area contributed by atoms with Crippen LogP contribution in [0.4, 0.5) is 4.79 Å². The molecule has 0 aliphatic carbocycles. The van der Waals surface area contributed by atoms with Gasteiger partial charge in [-0.1, -0.05) is 37.6 Å². The maximum Gasteiger partial charge on any atom is 0.314 e. The number of para-hydroxylation sites is 1. The minimum atomic E-state index is -0.249. The van der Waals surface area contributed by atoms with Crippen LogP contribution in [0.15, 0.2) is 24.3 Å². The average Bonchev–Trinajstić information content (AvgIpc) is 2.45. The van der Waals surface area contributed by atoms with Gasteiger partial charge in [-0.2, -0.15) is 0 Å². The number of amides is 2. The Labute approximate surface area is 137 Å². The van der Waals surface area contributed by atoms with Crippen LogP contribution in [0.5, 0.6) is 5.75 Å². The van der Waals surface area contributed by atoms with E-state index in [4.69, 9.17) is 21.4 Å². The molecule has 1 rings (SSSR count). The van der Waals surface area contributed by atoms with Crippen molar-refractivity contribution in [3.05, 3.63) is 29.3 Å². The van der Waals surface area contributed by atoms with Crippen LogP contribution in [0.1, 0.15) is 27.2 Å². The predicted molar refractivity (Wildman–Crippen MR) is 88.4 cm³/mol. The summed E-state index contributed by atoms with van der Waals surface area (Å²) >= 11 is 6.02. The summed E-state index contributed by atoms with van der Waals surface area (Å²) < 4.78 is 5.67. The van der Waals surface area contributed by atoms with Crippen molar-refractivity contribution in [3.63, 3.8) is 0 Å². The number of aliphatic hydroxyl groups excluding tert-OH is 1. The van der Waals surface area contributed by atoms with Gasteiger partial charge in [-0.05, 0) is 30.9 Å². The lowest BCUT2D eigenvalue weighted by Gasteiger charge is -2.24. The van der Waals surface area contributed by atoms with Gasteiger partial charge in [0.1, 0.15) is 11.9 Å². The highest BCUT2D eigenvalue weighted by atomic mass is 35.5. The Morgan fingerprint density at radius 3 is 2.68 bits per heavy atom. The van der Waals surface area contributed by atoms with Crippen LogP contribution in [0.2, 0.25) is 5.02 Å². The number of carbonyl (C=O) groups excluding carboxylic acids is 1. The number of benzene rings is 1. The van der Waals surface area contributed by atoms with E-state index in [0.717, 1.165) is 0 Å². The molecule has 0 aliphatic heterocycles. The van der Waals surface area contributed by atoms with E-state index in [-0.39, 0.29) is 24.2 Å². The second-order valence-electron chi connectivity index (χ2n) is 6.06. The van der Waals surface area contributed by atoms with Gasteiger partial charge >= 0.3 is 6.03 Å². The van der Waals surface area contributed by atoms with Gasteiger partial charge in [0.15, 0.2) is 0 Å². The van der Waals surface area contributed by atoms with Crippen molar-refractivity contribution in [2.24, 2.45) is 5.41 Å². The van der Waals surface area contributed by atoms with Crippen LogP contribution in [0.3, 0.4) is 0 Å². The van der Waals surface area contributed by atoms with Crippen LogP contribution in [0, 0.1) is 5.41 Å². The zero-order chi connectivity index (χ0) is 16.6. The second kappa shape index (κ2) is 8.86. The molecular weight excluding hydrogens is 304 g/mol. The topological polar surface area (TPSA) is 70.6 Å². The quantitative estimate of drug-likeness (QED) is 0.687. The number of aliphatic hydroxyl groups is 1. The van der Waals surface area contributed by atoms with Crippen molar-refractivity contribution in [2.75, 3.05) is 19.7 Å². The van der Waals surface area contributed by atoms with Crippen molar-refractivity contribution < 1.29 is 14.6 Å². The van der Waals surface area contributed by atoms with E-state index in [1.54, 1.807) is 12.1 Å². The molecule has 0 fully saturated rings. The number of rotatable bonds is 8. The third kappa shape index (κ3) is 7.00. The van der Waals surface area contributed by atoms with Crippen molar-refractivity contribution in [1.29, 1.82) is 0 Å². The molecule has 0 aliphatic rings. The van der Waals surface area contributed by atoms with Crippen molar-refractivity contribution in [3.8, 4) is 5.75 Å². The van der Waals surface area contributed by atoms with Crippen molar-refractivity contribution in [1.82, 2.24) is 10.6 Å². The minimum absolute atomic E-state index is 0.110. The Kier molecular flexibility index (Phi) is 7.48. The fourth-order valence-corrected chi connectivity index (χ4v) is 1.99.